The number of ether oxygens (including phenoxy) is 1. The second-order valence-corrected chi connectivity index (χ2v) is 12.9. The normalized spacial score (nSPS) is 22.9. The zero-order valence-corrected chi connectivity index (χ0v) is 23.3. The molecule has 2 fully saturated rings. The van der Waals surface area contributed by atoms with Crippen molar-refractivity contribution in [2.75, 3.05) is 37.0 Å². The molecule has 2 saturated heterocycles. The summed E-state index contributed by atoms with van der Waals surface area (Å²) in [6.45, 7) is 4.92. The predicted octanol–water partition coefficient (Wildman–Crippen LogP) is 3.38. The molecular formula is C25H30ClFN6O5S. The van der Waals surface area contributed by atoms with E-state index >= 15 is 4.39 Å². The summed E-state index contributed by atoms with van der Waals surface area (Å²) < 4.78 is 45.9. The van der Waals surface area contributed by atoms with Crippen LogP contribution in [0.5, 0.6) is 0 Å². The molecular weight excluding hydrogens is 551 g/mol. The molecule has 11 nitrogen and oxygen atoms in total. The van der Waals surface area contributed by atoms with Gasteiger partial charge < -0.3 is 24.6 Å². The Balaban J connectivity index is 1.50. The quantitative estimate of drug-likeness (QED) is 0.465. The Morgan fingerprint density at radius 2 is 2.05 bits per heavy atom. The van der Waals surface area contributed by atoms with Crippen LogP contribution in [0.4, 0.5) is 15.1 Å². The molecule has 2 N–H and O–H groups in total. The molecule has 3 atom stereocenters. The molecule has 2 aliphatic rings. The maximum absolute atomic E-state index is 15.5. The van der Waals surface area contributed by atoms with Crippen LogP contribution < -0.4 is 5.32 Å². The molecule has 1 aromatic carbocycles. The van der Waals surface area contributed by atoms with Crippen LogP contribution in [0.1, 0.15) is 44.5 Å². The third kappa shape index (κ3) is 5.39. The van der Waals surface area contributed by atoms with E-state index < -0.39 is 33.9 Å². The number of amides is 1. The zero-order valence-electron chi connectivity index (χ0n) is 21.8. The van der Waals surface area contributed by atoms with Crippen molar-refractivity contribution in [3.8, 4) is 11.3 Å². The number of fused-ring (bicyclic) bond motifs is 1. The molecule has 0 bridgehead atoms. The van der Waals surface area contributed by atoms with Gasteiger partial charge in [0, 0.05) is 30.6 Å². The highest BCUT2D eigenvalue weighted by atomic mass is 35.5. The van der Waals surface area contributed by atoms with Gasteiger partial charge >= 0.3 is 6.09 Å². The number of aromatic nitrogens is 4. The number of aliphatic hydroxyl groups excluding tert-OH is 1. The fraction of sp³-hybridized carbons (Fsp3) is 0.520. The van der Waals surface area contributed by atoms with Gasteiger partial charge in [-0.05, 0) is 38.8 Å². The standard InChI is InChI=1S/C25H30ClFN6O5S/c1-13(2)33-19-9-15(8-17(27)22(19)30-23(33)14-4-6-32(11-14)25(35)38-3)21-16(26)10-28-24(31-21)29-18-5-7-39(36,37)12-20(18)34/h8-10,13-14,18,20,34H,4-7,11-12H2,1-3H3,(H,28,29,31)/t14-,18?,20-/m1/s1. The number of anilines is 1. The van der Waals surface area contributed by atoms with E-state index in [1.54, 1.807) is 11.0 Å². The maximum Gasteiger partial charge on any atom is 0.409 e. The first-order valence-electron chi connectivity index (χ1n) is 12.7. The number of methoxy groups -OCH3 is 1. The summed E-state index contributed by atoms with van der Waals surface area (Å²) in [6.07, 6.45) is 0.760. The lowest BCUT2D eigenvalue weighted by atomic mass is 10.1. The van der Waals surface area contributed by atoms with Crippen LogP contribution in [0.25, 0.3) is 22.3 Å². The van der Waals surface area contributed by atoms with Crippen molar-refractivity contribution in [2.45, 2.75) is 50.8 Å². The summed E-state index contributed by atoms with van der Waals surface area (Å²) in [6, 6.07) is 2.50. The number of hydrogen-bond donors (Lipinski definition) is 2. The molecule has 0 radical (unpaired) electrons. The summed E-state index contributed by atoms with van der Waals surface area (Å²) in [7, 11) is -1.95. The van der Waals surface area contributed by atoms with Crippen LogP contribution in [0, 0.1) is 5.82 Å². The number of sulfone groups is 1. The van der Waals surface area contributed by atoms with Crippen molar-refractivity contribution in [1.82, 2.24) is 24.4 Å². The molecule has 2 aromatic heterocycles. The first kappa shape index (κ1) is 27.5. The Kier molecular flexibility index (Phi) is 7.42. The highest BCUT2D eigenvalue weighted by Gasteiger charge is 2.34. The first-order chi connectivity index (χ1) is 18.5. The summed E-state index contributed by atoms with van der Waals surface area (Å²) >= 11 is 6.44. The zero-order chi connectivity index (χ0) is 28.1. The lowest BCUT2D eigenvalue weighted by molar-refractivity contribution is 0.132. The van der Waals surface area contributed by atoms with E-state index in [-0.39, 0.29) is 52.1 Å². The van der Waals surface area contributed by atoms with Crippen molar-refractivity contribution < 1.29 is 27.4 Å². The molecule has 5 rings (SSSR count). The SMILES string of the molecule is COC(=O)N1CC[C@@H](c2nc3c(F)cc(-c4nc(NC5CCS(=O)(=O)C[C@H]5O)ncc4Cl)cc3n2C(C)C)C1. The van der Waals surface area contributed by atoms with E-state index in [1.165, 1.54) is 19.4 Å². The van der Waals surface area contributed by atoms with E-state index in [9.17, 15) is 18.3 Å². The van der Waals surface area contributed by atoms with Gasteiger partial charge in [0.25, 0.3) is 0 Å². The molecule has 210 valence electrons. The highest BCUT2D eigenvalue weighted by Crippen LogP contribution is 2.36. The topological polar surface area (TPSA) is 140 Å². The molecule has 3 aromatic rings. The third-order valence-electron chi connectivity index (χ3n) is 7.24. The number of rotatable bonds is 5. The van der Waals surface area contributed by atoms with Crippen molar-refractivity contribution in [3.05, 3.63) is 35.0 Å². The molecule has 1 amide bonds. The maximum atomic E-state index is 15.5. The van der Waals surface area contributed by atoms with Gasteiger partial charge in [0.15, 0.2) is 15.7 Å². The van der Waals surface area contributed by atoms with Gasteiger partial charge in [-0.3, -0.25) is 0 Å². The van der Waals surface area contributed by atoms with Gasteiger partial charge in [0.2, 0.25) is 5.95 Å². The Morgan fingerprint density at radius 1 is 1.28 bits per heavy atom. The van der Waals surface area contributed by atoms with Gasteiger partial charge in [-0.2, -0.15) is 0 Å². The first-order valence-corrected chi connectivity index (χ1v) is 14.9. The van der Waals surface area contributed by atoms with Crippen LogP contribution in [0.3, 0.4) is 0 Å². The Morgan fingerprint density at radius 3 is 2.74 bits per heavy atom. The molecule has 0 aliphatic carbocycles. The smallest absolute Gasteiger partial charge is 0.409 e. The number of hydrogen-bond acceptors (Lipinski definition) is 9. The second-order valence-electron chi connectivity index (χ2n) is 10.3. The monoisotopic (exact) mass is 580 g/mol. The summed E-state index contributed by atoms with van der Waals surface area (Å²) in [5.74, 6) is -0.171. The van der Waals surface area contributed by atoms with Crippen molar-refractivity contribution in [2.24, 2.45) is 0 Å². The number of carbonyl (C=O) groups is 1. The number of halogens is 2. The lowest BCUT2D eigenvalue weighted by Gasteiger charge is -2.28. The highest BCUT2D eigenvalue weighted by molar-refractivity contribution is 7.91. The van der Waals surface area contributed by atoms with Crippen LogP contribution in [0.2, 0.25) is 5.02 Å². The number of benzene rings is 1. The minimum absolute atomic E-state index is 0.0472. The second kappa shape index (κ2) is 10.5. The summed E-state index contributed by atoms with van der Waals surface area (Å²) in [5, 5.41) is 13.5. The predicted molar refractivity (Wildman–Crippen MR) is 144 cm³/mol. The minimum Gasteiger partial charge on any atom is -0.453 e. The average molecular weight is 581 g/mol. The van der Waals surface area contributed by atoms with Gasteiger partial charge in [0.05, 0.1) is 53.2 Å². The van der Waals surface area contributed by atoms with Crippen LogP contribution in [0.15, 0.2) is 18.3 Å². The largest absolute Gasteiger partial charge is 0.453 e. The number of nitrogens with zero attached hydrogens (tertiary/aromatic N) is 5. The minimum atomic E-state index is -3.29. The third-order valence-corrected chi connectivity index (χ3v) is 9.22. The van der Waals surface area contributed by atoms with Crippen molar-refractivity contribution in [3.63, 3.8) is 0 Å². The fourth-order valence-electron chi connectivity index (χ4n) is 5.34. The summed E-state index contributed by atoms with van der Waals surface area (Å²) in [5.41, 5.74) is 1.49. The molecule has 39 heavy (non-hydrogen) atoms. The van der Waals surface area contributed by atoms with E-state index in [0.29, 0.717) is 36.4 Å². The van der Waals surface area contributed by atoms with Gasteiger partial charge in [0.1, 0.15) is 11.3 Å². The molecule has 14 heteroatoms. The Labute approximate surface area is 230 Å². The lowest BCUT2D eigenvalue weighted by Crippen LogP contribution is -2.45. The number of nitrogens with one attached hydrogen (secondary N) is 1. The molecule has 4 heterocycles. The fourth-order valence-corrected chi connectivity index (χ4v) is 7.07. The molecule has 0 saturated carbocycles. The van der Waals surface area contributed by atoms with E-state index in [0.717, 1.165) is 0 Å². The van der Waals surface area contributed by atoms with Crippen LogP contribution in [-0.4, -0.2) is 87.9 Å². The Bertz CT molecular complexity index is 1530. The van der Waals surface area contributed by atoms with Crippen LogP contribution >= 0.6 is 11.6 Å². The summed E-state index contributed by atoms with van der Waals surface area (Å²) in [4.78, 5) is 27.0. The number of aliphatic hydroxyl groups is 1. The number of likely N-dealkylation sites (tertiary alicyclic amines) is 1. The van der Waals surface area contributed by atoms with E-state index in [2.05, 4.69) is 20.3 Å². The molecule has 1 unspecified atom stereocenters. The Hall–Kier alpha value is -3.03. The van der Waals surface area contributed by atoms with E-state index in [4.69, 9.17) is 16.3 Å². The van der Waals surface area contributed by atoms with Gasteiger partial charge in [-0.25, -0.2) is 32.6 Å². The van der Waals surface area contributed by atoms with Gasteiger partial charge in [-0.15, -0.1) is 0 Å². The van der Waals surface area contributed by atoms with Crippen molar-refractivity contribution in [1.29, 1.82) is 0 Å². The van der Waals surface area contributed by atoms with E-state index in [1.807, 2.05) is 18.4 Å². The number of imidazole rings is 1. The van der Waals surface area contributed by atoms with Crippen LogP contribution in [-0.2, 0) is 14.6 Å². The molecule has 2 aliphatic heterocycles. The van der Waals surface area contributed by atoms with Gasteiger partial charge in [-0.1, -0.05) is 11.6 Å². The number of carbonyl (C=O) groups excluding carboxylic acids is 1. The average Bonchev–Trinajstić information content (AvgIpc) is 3.51. The molecule has 0 spiro atoms. The van der Waals surface area contributed by atoms with Crippen molar-refractivity contribution >= 4 is 44.5 Å².